The van der Waals surface area contributed by atoms with Gasteiger partial charge in [-0.3, -0.25) is 14.8 Å². The van der Waals surface area contributed by atoms with E-state index in [0.29, 0.717) is 29.5 Å². The minimum Gasteiger partial charge on any atom is -0.466 e. The van der Waals surface area contributed by atoms with Gasteiger partial charge in [-0.15, -0.1) is 5.10 Å². The van der Waals surface area contributed by atoms with Crippen molar-refractivity contribution in [3.63, 3.8) is 0 Å². The average Bonchev–Trinajstić information content (AvgIpc) is 3.11. The van der Waals surface area contributed by atoms with Gasteiger partial charge in [-0.25, -0.2) is 0 Å². The lowest BCUT2D eigenvalue weighted by Crippen LogP contribution is -2.63. The minimum absolute atomic E-state index is 0.104. The number of aromatic nitrogens is 3. The Morgan fingerprint density at radius 1 is 1.23 bits per heavy atom. The second-order valence-electron chi connectivity index (χ2n) is 7.19. The number of H-pyrrole nitrogens is 1. The number of hydrogen-bond acceptors (Lipinski definition) is 5. The average molecular weight is 355 g/mol. The summed E-state index contributed by atoms with van der Waals surface area (Å²) in [5, 5.41) is 6.77. The molecule has 0 aliphatic carbocycles. The van der Waals surface area contributed by atoms with E-state index in [1.807, 2.05) is 29.2 Å². The highest BCUT2D eigenvalue weighted by molar-refractivity contribution is 5.95. The van der Waals surface area contributed by atoms with Crippen molar-refractivity contribution in [1.82, 2.24) is 25.0 Å². The standard InChI is InChI=1S/C19H25N5O2/c1-13-5-3-4-10-24(13)16-11-23(12-16)18(25)15-8-6-14(7-9-15)17-20-19(26-2)22-21-17/h6-9,13,16H,3-5,10-12H2,1-2H3,(H,20,21,22)/t13-/m0/s1. The molecule has 0 unspecified atom stereocenters. The van der Waals surface area contributed by atoms with Crippen LogP contribution in [0.1, 0.15) is 36.5 Å². The Morgan fingerprint density at radius 2 is 2.00 bits per heavy atom. The van der Waals surface area contributed by atoms with Crippen LogP contribution in [0.5, 0.6) is 6.01 Å². The van der Waals surface area contributed by atoms with Crippen LogP contribution in [-0.4, -0.2) is 69.7 Å². The number of nitrogens with one attached hydrogen (secondary N) is 1. The Labute approximate surface area is 153 Å². The molecule has 3 heterocycles. The van der Waals surface area contributed by atoms with E-state index in [4.69, 9.17) is 4.74 Å². The summed E-state index contributed by atoms with van der Waals surface area (Å²) in [5.74, 6) is 0.733. The van der Waals surface area contributed by atoms with Gasteiger partial charge < -0.3 is 9.64 Å². The molecule has 1 aromatic carbocycles. The van der Waals surface area contributed by atoms with E-state index in [1.54, 1.807) is 0 Å². The lowest BCUT2D eigenvalue weighted by atomic mass is 9.97. The molecule has 1 N–H and O–H groups in total. The maximum absolute atomic E-state index is 12.7. The predicted molar refractivity (Wildman–Crippen MR) is 98.1 cm³/mol. The van der Waals surface area contributed by atoms with Crippen LogP contribution < -0.4 is 4.74 Å². The van der Waals surface area contributed by atoms with Crippen LogP contribution in [0.2, 0.25) is 0 Å². The second kappa shape index (κ2) is 7.07. The summed E-state index contributed by atoms with van der Waals surface area (Å²) in [6.07, 6.45) is 3.89. The maximum atomic E-state index is 12.7. The topological polar surface area (TPSA) is 74.3 Å². The molecular formula is C19H25N5O2. The predicted octanol–water partition coefficient (Wildman–Crippen LogP) is 2.18. The Bertz CT molecular complexity index is 766. The third-order valence-corrected chi connectivity index (χ3v) is 5.53. The van der Waals surface area contributed by atoms with Crippen molar-refractivity contribution in [2.24, 2.45) is 0 Å². The lowest BCUT2D eigenvalue weighted by molar-refractivity contribution is 0.00213. The first-order valence-electron chi connectivity index (χ1n) is 9.27. The number of aromatic amines is 1. The van der Waals surface area contributed by atoms with Crippen molar-refractivity contribution in [2.45, 2.75) is 38.3 Å². The zero-order valence-electron chi connectivity index (χ0n) is 15.3. The van der Waals surface area contributed by atoms with Crippen molar-refractivity contribution >= 4 is 5.91 Å². The number of carbonyl (C=O) groups excluding carboxylic acids is 1. The first-order chi connectivity index (χ1) is 12.7. The molecule has 0 bridgehead atoms. The van der Waals surface area contributed by atoms with E-state index in [2.05, 4.69) is 27.0 Å². The van der Waals surface area contributed by atoms with Gasteiger partial charge in [-0.05, 0) is 38.4 Å². The summed E-state index contributed by atoms with van der Waals surface area (Å²) in [4.78, 5) is 21.4. The summed E-state index contributed by atoms with van der Waals surface area (Å²) in [6.45, 7) is 5.15. The molecule has 0 radical (unpaired) electrons. The quantitative estimate of drug-likeness (QED) is 0.910. The summed E-state index contributed by atoms with van der Waals surface area (Å²) in [5.41, 5.74) is 1.59. The number of likely N-dealkylation sites (tertiary alicyclic amines) is 2. The highest BCUT2D eigenvalue weighted by atomic mass is 16.5. The summed E-state index contributed by atoms with van der Waals surface area (Å²) in [7, 11) is 1.53. The fraction of sp³-hybridized carbons (Fsp3) is 0.526. The molecule has 0 saturated carbocycles. The van der Waals surface area contributed by atoms with Crippen molar-refractivity contribution in [3.8, 4) is 17.4 Å². The minimum atomic E-state index is 0.104. The van der Waals surface area contributed by atoms with E-state index in [-0.39, 0.29) is 5.91 Å². The molecule has 2 fully saturated rings. The first kappa shape index (κ1) is 17.0. The SMILES string of the molecule is COc1n[nH]c(-c2ccc(C(=O)N3CC(N4CCCC[C@@H]4C)C3)cc2)n1. The molecule has 138 valence electrons. The van der Waals surface area contributed by atoms with Gasteiger partial charge in [0.15, 0.2) is 5.82 Å². The van der Waals surface area contributed by atoms with Crippen molar-refractivity contribution < 1.29 is 9.53 Å². The molecule has 2 aromatic rings. The normalized spacial score (nSPS) is 21.5. The van der Waals surface area contributed by atoms with Crippen molar-refractivity contribution in [2.75, 3.05) is 26.7 Å². The summed E-state index contributed by atoms with van der Waals surface area (Å²) >= 11 is 0. The van der Waals surface area contributed by atoms with Crippen LogP contribution in [0.3, 0.4) is 0 Å². The highest BCUT2D eigenvalue weighted by Gasteiger charge is 2.37. The largest absolute Gasteiger partial charge is 0.466 e. The van der Waals surface area contributed by atoms with Crippen LogP contribution in [0, 0.1) is 0 Å². The number of carbonyl (C=O) groups is 1. The smallest absolute Gasteiger partial charge is 0.335 e. The zero-order chi connectivity index (χ0) is 18.1. The number of ether oxygens (including phenoxy) is 1. The Kier molecular flexibility index (Phi) is 4.63. The van der Waals surface area contributed by atoms with E-state index in [0.717, 1.165) is 18.7 Å². The molecule has 1 amide bonds. The molecule has 26 heavy (non-hydrogen) atoms. The Morgan fingerprint density at radius 3 is 2.65 bits per heavy atom. The van der Waals surface area contributed by atoms with E-state index in [9.17, 15) is 4.79 Å². The van der Waals surface area contributed by atoms with E-state index in [1.165, 1.54) is 32.9 Å². The molecule has 2 saturated heterocycles. The maximum Gasteiger partial charge on any atom is 0.335 e. The second-order valence-corrected chi connectivity index (χ2v) is 7.19. The Hall–Kier alpha value is -2.41. The van der Waals surface area contributed by atoms with E-state index < -0.39 is 0 Å². The van der Waals surface area contributed by atoms with Gasteiger partial charge in [-0.2, -0.15) is 4.98 Å². The van der Waals surface area contributed by atoms with Crippen LogP contribution in [-0.2, 0) is 0 Å². The zero-order valence-corrected chi connectivity index (χ0v) is 15.3. The van der Waals surface area contributed by atoms with Crippen LogP contribution in [0.4, 0.5) is 0 Å². The van der Waals surface area contributed by atoms with Crippen LogP contribution in [0.25, 0.3) is 11.4 Å². The van der Waals surface area contributed by atoms with Gasteiger partial charge in [0.25, 0.3) is 5.91 Å². The number of benzene rings is 1. The van der Waals surface area contributed by atoms with Crippen LogP contribution in [0.15, 0.2) is 24.3 Å². The van der Waals surface area contributed by atoms with Gasteiger partial charge >= 0.3 is 6.01 Å². The number of amides is 1. The highest BCUT2D eigenvalue weighted by Crippen LogP contribution is 2.26. The van der Waals surface area contributed by atoms with Gasteiger partial charge in [0.05, 0.1) is 7.11 Å². The molecule has 1 aromatic heterocycles. The lowest BCUT2D eigenvalue weighted by Gasteiger charge is -2.49. The number of methoxy groups -OCH3 is 1. The van der Waals surface area contributed by atoms with Gasteiger partial charge in [0.1, 0.15) is 0 Å². The summed E-state index contributed by atoms with van der Waals surface area (Å²) in [6, 6.07) is 8.94. The molecule has 4 rings (SSSR count). The molecule has 0 spiro atoms. The summed E-state index contributed by atoms with van der Waals surface area (Å²) < 4.78 is 4.98. The molecule has 2 aliphatic heterocycles. The number of piperidine rings is 1. The number of nitrogens with zero attached hydrogens (tertiary/aromatic N) is 4. The van der Waals surface area contributed by atoms with E-state index >= 15 is 0 Å². The van der Waals surface area contributed by atoms with Crippen molar-refractivity contribution in [3.05, 3.63) is 29.8 Å². The fourth-order valence-corrected chi connectivity index (χ4v) is 3.91. The first-order valence-corrected chi connectivity index (χ1v) is 9.27. The Balaban J connectivity index is 1.37. The number of rotatable bonds is 4. The van der Waals surface area contributed by atoms with Gasteiger partial charge in [0, 0.05) is 36.3 Å². The van der Waals surface area contributed by atoms with Gasteiger partial charge in [-0.1, -0.05) is 18.6 Å². The molecular weight excluding hydrogens is 330 g/mol. The van der Waals surface area contributed by atoms with Crippen LogP contribution >= 0.6 is 0 Å². The molecule has 7 nitrogen and oxygen atoms in total. The number of hydrogen-bond donors (Lipinski definition) is 1. The third-order valence-electron chi connectivity index (χ3n) is 5.53. The molecule has 2 aliphatic rings. The van der Waals surface area contributed by atoms with Gasteiger partial charge in [0.2, 0.25) is 0 Å². The fourth-order valence-electron chi connectivity index (χ4n) is 3.91. The monoisotopic (exact) mass is 355 g/mol. The molecule has 7 heteroatoms. The third kappa shape index (κ3) is 3.19. The molecule has 1 atom stereocenters. The van der Waals surface area contributed by atoms with Crippen molar-refractivity contribution in [1.29, 1.82) is 0 Å².